The van der Waals surface area contributed by atoms with Crippen molar-refractivity contribution in [3.63, 3.8) is 0 Å². The minimum atomic E-state index is 0.0419. The zero-order valence-electron chi connectivity index (χ0n) is 11.0. The molecule has 1 saturated heterocycles. The predicted molar refractivity (Wildman–Crippen MR) is 78.4 cm³/mol. The molecule has 0 saturated carbocycles. The number of piperidine rings is 1. The number of hydrogen-bond donors (Lipinski definition) is 1. The van der Waals surface area contributed by atoms with Gasteiger partial charge in [-0.1, -0.05) is 18.3 Å². The summed E-state index contributed by atoms with van der Waals surface area (Å²) in [5, 5.41) is 0. The van der Waals surface area contributed by atoms with Crippen LogP contribution in [0.2, 0.25) is 0 Å². The SMILES string of the molecule is COc1cccc(C(=O)N2CCC(C(N)=S)CC2)c1. The lowest BCUT2D eigenvalue weighted by atomic mass is 9.96. The van der Waals surface area contributed by atoms with Gasteiger partial charge in [-0.05, 0) is 31.0 Å². The molecule has 0 aromatic heterocycles. The zero-order valence-corrected chi connectivity index (χ0v) is 11.8. The highest BCUT2D eigenvalue weighted by atomic mass is 32.1. The number of carbonyl (C=O) groups excluding carboxylic acids is 1. The Labute approximate surface area is 118 Å². The van der Waals surface area contributed by atoms with E-state index < -0.39 is 0 Å². The van der Waals surface area contributed by atoms with Crippen LogP contribution in [0.3, 0.4) is 0 Å². The van der Waals surface area contributed by atoms with Crippen molar-refractivity contribution in [1.82, 2.24) is 4.90 Å². The minimum absolute atomic E-state index is 0.0419. The number of amides is 1. The van der Waals surface area contributed by atoms with Crippen LogP contribution in [0, 0.1) is 5.92 Å². The van der Waals surface area contributed by atoms with Crippen molar-refractivity contribution in [2.24, 2.45) is 11.7 Å². The van der Waals surface area contributed by atoms with Crippen LogP contribution >= 0.6 is 12.2 Å². The predicted octanol–water partition coefficient (Wildman–Crippen LogP) is 1.83. The molecule has 4 nitrogen and oxygen atoms in total. The first kappa shape index (κ1) is 13.8. The van der Waals surface area contributed by atoms with Crippen molar-refractivity contribution < 1.29 is 9.53 Å². The standard InChI is InChI=1S/C14H18N2O2S/c1-18-12-4-2-3-11(9-12)14(17)16-7-5-10(6-8-16)13(15)19/h2-4,9-10H,5-8H2,1H3,(H2,15,19). The summed E-state index contributed by atoms with van der Waals surface area (Å²) in [7, 11) is 1.59. The first-order valence-electron chi connectivity index (χ1n) is 6.34. The Kier molecular flexibility index (Phi) is 4.37. The molecule has 2 rings (SSSR count). The first-order chi connectivity index (χ1) is 9.11. The van der Waals surface area contributed by atoms with Gasteiger partial charge >= 0.3 is 0 Å². The lowest BCUT2D eigenvalue weighted by molar-refractivity contribution is 0.0710. The Hall–Kier alpha value is -1.62. The summed E-state index contributed by atoms with van der Waals surface area (Å²) in [6.45, 7) is 1.41. The van der Waals surface area contributed by atoms with Gasteiger partial charge in [0, 0.05) is 24.6 Å². The maximum absolute atomic E-state index is 12.4. The number of benzene rings is 1. The average Bonchev–Trinajstić information content (AvgIpc) is 2.46. The van der Waals surface area contributed by atoms with Crippen LogP contribution in [0.1, 0.15) is 23.2 Å². The lowest BCUT2D eigenvalue weighted by Gasteiger charge is -2.31. The number of carbonyl (C=O) groups is 1. The Morgan fingerprint density at radius 3 is 2.68 bits per heavy atom. The highest BCUT2D eigenvalue weighted by Crippen LogP contribution is 2.20. The molecular weight excluding hydrogens is 260 g/mol. The van der Waals surface area contributed by atoms with E-state index in [1.165, 1.54) is 0 Å². The van der Waals surface area contributed by atoms with Gasteiger partial charge in [0.25, 0.3) is 5.91 Å². The fraction of sp³-hybridized carbons (Fsp3) is 0.429. The minimum Gasteiger partial charge on any atom is -0.497 e. The third-order valence-corrected chi connectivity index (χ3v) is 3.83. The molecule has 1 fully saturated rings. The van der Waals surface area contributed by atoms with E-state index in [0.717, 1.165) is 12.8 Å². The van der Waals surface area contributed by atoms with Crippen molar-refractivity contribution in [2.45, 2.75) is 12.8 Å². The molecule has 0 bridgehead atoms. The van der Waals surface area contributed by atoms with E-state index in [4.69, 9.17) is 22.7 Å². The monoisotopic (exact) mass is 278 g/mol. The van der Waals surface area contributed by atoms with Crippen molar-refractivity contribution in [2.75, 3.05) is 20.2 Å². The van der Waals surface area contributed by atoms with Crippen LogP contribution in [-0.4, -0.2) is 36.0 Å². The van der Waals surface area contributed by atoms with E-state index in [1.54, 1.807) is 13.2 Å². The molecule has 1 aromatic rings. The largest absolute Gasteiger partial charge is 0.497 e. The van der Waals surface area contributed by atoms with Crippen molar-refractivity contribution in [3.8, 4) is 5.75 Å². The first-order valence-corrected chi connectivity index (χ1v) is 6.75. The van der Waals surface area contributed by atoms with Gasteiger partial charge in [-0.25, -0.2) is 0 Å². The molecule has 19 heavy (non-hydrogen) atoms. The van der Waals surface area contributed by atoms with Crippen molar-refractivity contribution in [3.05, 3.63) is 29.8 Å². The fourth-order valence-electron chi connectivity index (χ4n) is 2.31. The van der Waals surface area contributed by atoms with Crippen molar-refractivity contribution >= 4 is 23.1 Å². The second-order valence-electron chi connectivity index (χ2n) is 4.70. The molecule has 0 aliphatic carbocycles. The van der Waals surface area contributed by atoms with E-state index in [9.17, 15) is 4.79 Å². The van der Waals surface area contributed by atoms with Crippen LogP contribution in [0.15, 0.2) is 24.3 Å². The molecular formula is C14H18N2O2S. The Balaban J connectivity index is 2.02. The van der Waals surface area contributed by atoms with Gasteiger partial charge in [-0.15, -0.1) is 0 Å². The summed E-state index contributed by atoms with van der Waals surface area (Å²) in [5.74, 6) is 1.01. The van der Waals surface area contributed by atoms with Crippen LogP contribution in [-0.2, 0) is 0 Å². The number of methoxy groups -OCH3 is 1. The zero-order chi connectivity index (χ0) is 13.8. The van der Waals surface area contributed by atoms with Gasteiger partial charge in [-0.3, -0.25) is 4.79 Å². The summed E-state index contributed by atoms with van der Waals surface area (Å²) in [4.78, 5) is 14.8. The summed E-state index contributed by atoms with van der Waals surface area (Å²) in [6.07, 6.45) is 1.70. The third kappa shape index (κ3) is 3.23. The molecule has 102 valence electrons. The molecule has 2 N–H and O–H groups in total. The molecule has 1 aromatic carbocycles. The molecule has 0 spiro atoms. The number of nitrogens with two attached hydrogens (primary N) is 1. The number of rotatable bonds is 3. The maximum Gasteiger partial charge on any atom is 0.253 e. The Morgan fingerprint density at radius 1 is 1.42 bits per heavy atom. The van der Waals surface area contributed by atoms with Gasteiger partial charge < -0.3 is 15.4 Å². The van der Waals surface area contributed by atoms with Crippen LogP contribution in [0.25, 0.3) is 0 Å². The smallest absolute Gasteiger partial charge is 0.253 e. The number of likely N-dealkylation sites (tertiary alicyclic amines) is 1. The molecule has 0 atom stereocenters. The van der Waals surface area contributed by atoms with Crippen molar-refractivity contribution in [1.29, 1.82) is 0 Å². The molecule has 0 unspecified atom stereocenters. The van der Waals surface area contributed by atoms with E-state index >= 15 is 0 Å². The van der Waals surface area contributed by atoms with Gasteiger partial charge in [0.05, 0.1) is 12.1 Å². The molecule has 1 heterocycles. The van der Waals surface area contributed by atoms with Gasteiger partial charge in [0.2, 0.25) is 0 Å². The van der Waals surface area contributed by atoms with Crippen LogP contribution in [0.4, 0.5) is 0 Å². The Morgan fingerprint density at radius 2 is 2.11 bits per heavy atom. The number of hydrogen-bond acceptors (Lipinski definition) is 3. The molecule has 1 amide bonds. The van der Waals surface area contributed by atoms with E-state index in [-0.39, 0.29) is 11.8 Å². The van der Waals surface area contributed by atoms with E-state index in [0.29, 0.717) is 29.4 Å². The fourth-order valence-corrected chi connectivity index (χ4v) is 2.54. The summed E-state index contributed by atoms with van der Waals surface area (Å²) >= 11 is 5.00. The topological polar surface area (TPSA) is 55.6 Å². The van der Waals surface area contributed by atoms with Gasteiger partial charge in [-0.2, -0.15) is 0 Å². The normalized spacial score (nSPS) is 16.2. The number of thiocarbonyl (C=S) groups is 1. The second-order valence-corrected chi connectivity index (χ2v) is 5.17. The van der Waals surface area contributed by atoms with Crippen LogP contribution in [0.5, 0.6) is 5.75 Å². The molecule has 1 aliphatic heterocycles. The second kappa shape index (κ2) is 6.02. The summed E-state index contributed by atoms with van der Waals surface area (Å²) in [5.41, 5.74) is 6.31. The molecule has 1 aliphatic rings. The lowest BCUT2D eigenvalue weighted by Crippen LogP contribution is -2.41. The molecule has 0 radical (unpaired) electrons. The Bertz CT molecular complexity index is 482. The number of ether oxygens (including phenoxy) is 1. The summed E-state index contributed by atoms with van der Waals surface area (Å²) < 4.78 is 5.14. The van der Waals surface area contributed by atoms with Gasteiger partial charge in [0.15, 0.2) is 0 Å². The van der Waals surface area contributed by atoms with E-state index in [2.05, 4.69) is 0 Å². The summed E-state index contributed by atoms with van der Waals surface area (Å²) in [6, 6.07) is 7.23. The maximum atomic E-state index is 12.4. The van der Waals surface area contributed by atoms with Gasteiger partial charge in [0.1, 0.15) is 5.75 Å². The molecule has 5 heteroatoms. The average molecular weight is 278 g/mol. The third-order valence-electron chi connectivity index (χ3n) is 3.50. The highest BCUT2D eigenvalue weighted by molar-refractivity contribution is 7.80. The van der Waals surface area contributed by atoms with E-state index in [1.807, 2.05) is 23.1 Å². The number of nitrogens with zero attached hydrogens (tertiary/aromatic N) is 1. The van der Waals surface area contributed by atoms with Crippen LogP contribution < -0.4 is 10.5 Å². The highest BCUT2D eigenvalue weighted by Gasteiger charge is 2.24. The quantitative estimate of drug-likeness (QED) is 0.857.